The monoisotopic (exact) mass is 238 g/mol. The second-order valence-electron chi connectivity index (χ2n) is 6.01. The summed E-state index contributed by atoms with van der Waals surface area (Å²) in [6.07, 6.45) is 0. The fourth-order valence-corrected chi connectivity index (χ4v) is 15.2. The molecule has 2 heteroatoms. The first-order valence-electron chi connectivity index (χ1n) is 5.58. The van der Waals surface area contributed by atoms with Crippen molar-refractivity contribution in [2.24, 2.45) is 0 Å². The van der Waals surface area contributed by atoms with Gasteiger partial charge in [-0.1, -0.05) is 78.2 Å². The Hall–Kier alpha value is -0.133. The predicted molar refractivity (Wildman–Crippen MR) is 76.1 cm³/mol. The molecule has 0 saturated carbocycles. The average molecular weight is 238 g/mol. The van der Waals surface area contributed by atoms with Crippen LogP contribution in [-0.2, 0) is 0 Å². The molecule has 1 aromatic carbocycles. The summed E-state index contributed by atoms with van der Waals surface area (Å²) in [5.74, 6) is 0. The maximum atomic E-state index is 2.50. The van der Waals surface area contributed by atoms with Gasteiger partial charge in [-0.2, -0.15) is 0 Å². The lowest BCUT2D eigenvalue weighted by Crippen LogP contribution is -2.34. The third kappa shape index (κ3) is 3.43. The largest absolute Gasteiger partial charge is 0.0828 e. The van der Waals surface area contributed by atoms with E-state index in [9.17, 15) is 0 Å². The van der Waals surface area contributed by atoms with Gasteiger partial charge in [-0.25, -0.2) is 0 Å². The molecular weight excluding hydrogens is 215 g/mol. The van der Waals surface area contributed by atoms with Crippen LogP contribution < -0.4 is 5.30 Å². The highest BCUT2D eigenvalue weighted by Gasteiger charge is 2.36. The second kappa shape index (κ2) is 4.39. The van der Waals surface area contributed by atoms with Crippen molar-refractivity contribution in [3.63, 3.8) is 0 Å². The minimum absolute atomic E-state index is 0.00103. The lowest BCUT2D eigenvalue weighted by atomic mass is 10.3. The number of hydrogen-bond acceptors (Lipinski definition) is 0. The molecule has 1 unspecified atom stereocenters. The smallest absolute Gasteiger partial charge is 0.0779 e. The van der Waals surface area contributed by atoms with Gasteiger partial charge in [0, 0.05) is 0 Å². The van der Waals surface area contributed by atoms with Crippen molar-refractivity contribution < 1.29 is 0 Å². The topological polar surface area (TPSA) is 0 Å². The van der Waals surface area contributed by atoms with Crippen LogP contribution in [0.4, 0.5) is 0 Å². The van der Waals surface area contributed by atoms with Gasteiger partial charge in [0.15, 0.2) is 0 Å². The summed E-state index contributed by atoms with van der Waals surface area (Å²) in [4.78, 5) is 0. The van der Waals surface area contributed by atoms with Crippen LogP contribution in [0, 0.1) is 0 Å². The van der Waals surface area contributed by atoms with Crippen LogP contribution >= 0.6 is 7.47 Å². The van der Waals surface area contributed by atoms with E-state index in [1.54, 1.807) is 5.30 Å². The molecule has 0 fully saturated rings. The molecular formula is C13H23PSi. The fourth-order valence-electron chi connectivity index (χ4n) is 2.36. The van der Waals surface area contributed by atoms with Gasteiger partial charge < -0.3 is 0 Å². The summed E-state index contributed by atoms with van der Waals surface area (Å²) < 4.78 is 0. The quantitative estimate of drug-likeness (QED) is 0.528. The van der Waals surface area contributed by atoms with Crippen LogP contribution in [0.25, 0.3) is 0 Å². The van der Waals surface area contributed by atoms with Gasteiger partial charge in [0.1, 0.15) is 0 Å². The van der Waals surface area contributed by atoms with Gasteiger partial charge in [-0.05, 0) is 10.5 Å². The third-order valence-electron chi connectivity index (χ3n) is 2.36. The first-order chi connectivity index (χ1) is 6.73. The maximum absolute atomic E-state index is 2.50. The summed E-state index contributed by atoms with van der Waals surface area (Å²) >= 11 is 0. The molecule has 0 N–H and O–H groups in total. The molecule has 84 valence electrons. The van der Waals surface area contributed by atoms with Crippen molar-refractivity contribution in [3.8, 4) is 0 Å². The van der Waals surface area contributed by atoms with E-state index in [-0.39, 0.29) is 7.47 Å². The minimum Gasteiger partial charge on any atom is -0.0828 e. The van der Waals surface area contributed by atoms with E-state index < -0.39 is 7.74 Å². The molecule has 0 bridgehead atoms. The van der Waals surface area contributed by atoms with Gasteiger partial charge >= 0.3 is 0 Å². The van der Waals surface area contributed by atoms with E-state index in [1.807, 2.05) is 0 Å². The molecule has 0 amide bonds. The lowest BCUT2D eigenvalue weighted by molar-refractivity contribution is 0.794. The number of rotatable bonds is 2. The van der Waals surface area contributed by atoms with Crippen molar-refractivity contribution in [1.29, 1.82) is 0 Å². The van der Waals surface area contributed by atoms with E-state index in [0.717, 1.165) is 0 Å². The lowest BCUT2D eigenvalue weighted by Gasteiger charge is -2.40. The predicted octanol–water partition coefficient (Wildman–Crippen LogP) is 4.43. The standard InChI is InChI=1S/C13H23PSi/c1-13(2,3)14(15(4,5)6)12-10-8-7-9-11-12/h7-11H,1-6H3. The van der Waals surface area contributed by atoms with Gasteiger partial charge in [0.25, 0.3) is 0 Å². The highest BCUT2D eigenvalue weighted by molar-refractivity contribution is 8.00. The highest BCUT2D eigenvalue weighted by Crippen LogP contribution is 2.55. The Morgan fingerprint density at radius 3 is 1.73 bits per heavy atom. The molecule has 1 atom stereocenters. The van der Waals surface area contributed by atoms with Crippen molar-refractivity contribution in [3.05, 3.63) is 30.3 Å². The molecule has 0 saturated heterocycles. The van der Waals surface area contributed by atoms with Gasteiger partial charge in [-0.15, -0.1) is 0 Å². The van der Waals surface area contributed by atoms with Crippen LogP contribution in [0.15, 0.2) is 30.3 Å². The maximum Gasteiger partial charge on any atom is 0.0779 e. The Balaban J connectivity index is 3.15. The van der Waals surface area contributed by atoms with Crippen LogP contribution in [0.1, 0.15) is 20.8 Å². The summed E-state index contributed by atoms with van der Waals surface area (Å²) in [5, 5.41) is 2.01. The summed E-state index contributed by atoms with van der Waals surface area (Å²) in [6.45, 7) is 14.7. The Labute approximate surface area is 96.7 Å². The number of benzene rings is 1. The molecule has 0 aromatic heterocycles. The Morgan fingerprint density at radius 1 is 0.933 bits per heavy atom. The summed E-state index contributed by atoms with van der Waals surface area (Å²) in [5.41, 5.74) is 0. The zero-order valence-corrected chi connectivity index (χ0v) is 12.7. The van der Waals surface area contributed by atoms with Gasteiger partial charge in [-0.3, -0.25) is 0 Å². The summed E-state index contributed by atoms with van der Waals surface area (Å²) in [7, 11) is -1.10. The number of hydrogen-bond donors (Lipinski definition) is 0. The van der Waals surface area contributed by atoms with E-state index >= 15 is 0 Å². The van der Waals surface area contributed by atoms with E-state index in [2.05, 4.69) is 70.7 Å². The van der Waals surface area contributed by atoms with E-state index in [4.69, 9.17) is 0 Å². The fraction of sp³-hybridized carbons (Fsp3) is 0.538. The summed E-state index contributed by atoms with van der Waals surface area (Å²) in [6, 6.07) is 11.1. The molecule has 0 aliphatic heterocycles. The molecule has 0 heterocycles. The first kappa shape index (κ1) is 12.9. The van der Waals surface area contributed by atoms with Gasteiger partial charge in [0.2, 0.25) is 0 Å². The third-order valence-corrected chi connectivity index (χ3v) is 12.7. The van der Waals surface area contributed by atoms with Crippen LogP contribution in [0.2, 0.25) is 19.6 Å². The van der Waals surface area contributed by atoms with Crippen LogP contribution in [0.5, 0.6) is 0 Å². The van der Waals surface area contributed by atoms with Crippen molar-refractivity contribution >= 4 is 20.5 Å². The molecule has 0 aliphatic carbocycles. The first-order valence-corrected chi connectivity index (χ1v) is 11.3. The van der Waals surface area contributed by atoms with E-state index in [0.29, 0.717) is 5.16 Å². The van der Waals surface area contributed by atoms with Crippen molar-refractivity contribution in [2.45, 2.75) is 45.6 Å². The molecule has 15 heavy (non-hydrogen) atoms. The molecule has 1 aromatic rings. The SMILES string of the molecule is CC(C)(C)P(c1ccccc1)[Si](C)(C)C. The normalized spacial score (nSPS) is 15.1. The van der Waals surface area contributed by atoms with Crippen molar-refractivity contribution in [2.75, 3.05) is 0 Å². The Kier molecular flexibility index (Phi) is 3.79. The second-order valence-corrected chi connectivity index (χ2v) is 18.2. The van der Waals surface area contributed by atoms with Crippen LogP contribution in [0.3, 0.4) is 0 Å². The Bertz CT molecular complexity index is 292. The molecule has 0 nitrogen and oxygen atoms in total. The zero-order valence-electron chi connectivity index (χ0n) is 10.8. The van der Waals surface area contributed by atoms with Gasteiger partial charge in [0.05, 0.1) is 7.74 Å². The molecule has 0 radical (unpaired) electrons. The Morgan fingerprint density at radius 2 is 1.40 bits per heavy atom. The minimum atomic E-state index is -1.10. The van der Waals surface area contributed by atoms with E-state index in [1.165, 1.54) is 0 Å². The molecule has 1 rings (SSSR count). The zero-order chi connectivity index (χ0) is 11.7. The molecule has 0 spiro atoms. The average Bonchev–Trinajstić information content (AvgIpc) is 2.00. The van der Waals surface area contributed by atoms with Crippen LogP contribution in [-0.4, -0.2) is 12.9 Å². The molecule has 0 aliphatic rings. The highest BCUT2D eigenvalue weighted by atomic mass is 31.4. The van der Waals surface area contributed by atoms with Crippen molar-refractivity contribution in [1.82, 2.24) is 0 Å².